The fourth-order valence-electron chi connectivity index (χ4n) is 3.68. The van der Waals surface area contributed by atoms with Crippen molar-refractivity contribution in [2.45, 2.75) is 85.1 Å². The number of benzene rings is 1. The van der Waals surface area contributed by atoms with E-state index < -0.39 is 5.54 Å². The number of phenols is 1. The summed E-state index contributed by atoms with van der Waals surface area (Å²) in [7, 11) is 0. The van der Waals surface area contributed by atoms with Crippen LogP contribution in [0.2, 0.25) is 0 Å². The van der Waals surface area contributed by atoms with Gasteiger partial charge in [-0.25, -0.2) is 0 Å². The third-order valence-corrected chi connectivity index (χ3v) is 5.41. The maximum atomic E-state index is 10.3. The topological polar surface area (TPSA) is 75.7 Å². The van der Waals surface area contributed by atoms with E-state index in [0.717, 1.165) is 30.7 Å². The smallest absolute Gasteiger partial charge is 0.160 e. The Bertz CT molecular complexity index is 559. The fraction of sp³-hybridized carbons (Fsp3) is 0.750. The standard InChI is InChI=1S/C24H43NO3/c1-18(2)7-6-8-20(5)12-14-28-23-10-9-21(15-22(23)27)11-13-24(25,17-26)16-19(3)4/h9-10,15,18-20,26-27H,6-8,11-14,16-17,25H2,1-5H3/t20?,24-/m0/s1. The zero-order valence-electron chi connectivity index (χ0n) is 18.7. The van der Waals surface area contributed by atoms with Crippen LogP contribution in [0.15, 0.2) is 18.2 Å². The van der Waals surface area contributed by atoms with E-state index in [0.29, 0.717) is 30.6 Å². The van der Waals surface area contributed by atoms with Gasteiger partial charge in [0.05, 0.1) is 13.2 Å². The summed E-state index contributed by atoms with van der Waals surface area (Å²) in [5, 5.41) is 19.9. The molecule has 0 saturated heterocycles. The molecule has 0 aliphatic rings. The number of hydrogen-bond donors (Lipinski definition) is 3. The molecule has 28 heavy (non-hydrogen) atoms. The summed E-state index contributed by atoms with van der Waals surface area (Å²) in [6.07, 6.45) is 6.98. The number of aliphatic hydroxyl groups is 1. The van der Waals surface area contributed by atoms with Crippen LogP contribution in [-0.2, 0) is 6.42 Å². The third kappa shape index (κ3) is 9.79. The lowest BCUT2D eigenvalue weighted by molar-refractivity contribution is 0.165. The quantitative estimate of drug-likeness (QED) is 0.401. The van der Waals surface area contributed by atoms with Gasteiger partial charge in [-0.05, 0) is 61.1 Å². The first-order valence-electron chi connectivity index (χ1n) is 11.0. The van der Waals surface area contributed by atoms with Gasteiger partial charge >= 0.3 is 0 Å². The Morgan fingerprint density at radius 3 is 2.32 bits per heavy atom. The van der Waals surface area contributed by atoms with E-state index in [9.17, 15) is 10.2 Å². The molecule has 4 heteroatoms. The molecule has 162 valence electrons. The number of ether oxygens (including phenoxy) is 1. The summed E-state index contributed by atoms with van der Waals surface area (Å²) < 4.78 is 5.79. The second-order valence-corrected chi connectivity index (χ2v) is 9.49. The van der Waals surface area contributed by atoms with Crippen molar-refractivity contribution in [3.05, 3.63) is 23.8 Å². The molecule has 0 radical (unpaired) electrons. The Balaban J connectivity index is 2.45. The molecule has 0 aliphatic carbocycles. The third-order valence-electron chi connectivity index (χ3n) is 5.41. The van der Waals surface area contributed by atoms with Gasteiger partial charge in [-0.2, -0.15) is 0 Å². The van der Waals surface area contributed by atoms with Gasteiger partial charge in [-0.15, -0.1) is 0 Å². The van der Waals surface area contributed by atoms with E-state index in [1.54, 1.807) is 6.07 Å². The number of hydrogen-bond acceptors (Lipinski definition) is 4. The molecule has 1 unspecified atom stereocenters. The van der Waals surface area contributed by atoms with Crippen LogP contribution in [0.4, 0.5) is 0 Å². The fourth-order valence-corrected chi connectivity index (χ4v) is 3.68. The molecule has 0 heterocycles. The highest BCUT2D eigenvalue weighted by atomic mass is 16.5. The molecule has 0 bridgehead atoms. The van der Waals surface area contributed by atoms with Crippen molar-refractivity contribution in [3.8, 4) is 11.5 Å². The number of phenolic OH excluding ortho intramolecular Hbond substituents is 1. The van der Waals surface area contributed by atoms with Crippen LogP contribution in [0.3, 0.4) is 0 Å². The van der Waals surface area contributed by atoms with Crippen LogP contribution in [0.25, 0.3) is 0 Å². The van der Waals surface area contributed by atoms with Crippen molar-refractivity contribution in [1.82, 2.24) is 0 Å². The average molecular weight is 394 g/mol. The van der Waals surface area contributed by atoms with Crippen LogP contribution < -0.4 is 10.5 Å². The number of aryl methyl sites for hydroxylation is 1. The lowest BCUT2D eigenvalue weighted by Gasteiger charge is -2.29. The summed E-state index contributed by atoms with van der Waals surface area (Å²) in [6, 6.07) is 5.58. The molecule has 0 spiro atoms. The van der Waals surface area contributed by atoms with Crippen molar-refractivity contribution in [3.63, 3.8) is 0 Å². The molecule has 0 amide bonds. The minimum Gasteiger partial charge on any atom is -0.504 e. The molecule has 0 aromatic heterocycles. The first-order chi connectivity index (χ1) is 13.1. The molecule has 1 aromatic rings. The van der Waals surface area contributed by atoms with Gasteiger partial charge in [0.15, 0.2) is 11.5 Å². The van der Waals surface area contributed by atoms with Crippen molar-refractivity contribution >= 4 is 0 Å². The van der Waals surface area contributed by atoms with Crippen LogP contribution >= 0.6 is 0 Å². The zero-order chi connectivity index (χ0) is 21.2. The molecule has 0 saturated carbocycles. The van der Waals surface area contributed by atoms with E-state index in [4.69, 9.17) is 10.5 Å². The highest BCUT2D eigenvalue weighted by Gasteiger charge is 2.25. The Labute approximate surface area is 172 Å². The molecular weight excluding hydrogens is 350 g/mol. The van der Waals surface area contributed by atoms with Crippen molar-refractivity contribution in [2.24, 2.45) is 23.5 Å². The predicted octanol–water partition coefficient (Wildman–Crippen LogP) is 5.29. The van der Waals surface area contributed by atoms with Crippen molar-refractivity contribution in [2.75, 3.05) is 13.2 Å². The summed E-state index contributed by atoms with van der Waals surface area (Å²) >= 11 is 0. The van der Waals surface area contributed by atoms with E-state index in [1.807, 2.05) is 12.1 Å². The number of aromatic hydroxyl groups is 1. The average Bonchev–Trinajstić information content (AvgIpc) is 2.61. The van der Waals surface area contributed by atoms with Crippen LogP contribution in [-0.4, -0.2) is 29.0 Å². The minimum absolute atomic E-state index is 0.0201. The maximum absolute atomic E-state index is 10.3. The molecule has 4 N–H and O–H groups in total. The monoisotopic (exact) mass is 393 g/mol. The molecule has 2 atom stereocenters. The van der Waals surface area contributed by atoms with E-state index in [2.05, 4.69) is 34.6 Å². The number of rotatable bonds is 14. The second-order valence-electron chi connectivity index (χ2n) is 9.49. The Kier molecular flexibility index (Phi) is 10.9. The van der Waals surface area contributed by atoms with Crippen LogP contribution in [0.5, 0.6) is 11.5 Å². The molecule has 0 fully saturated rings. The van der Waals surface area contributed by atoms with Gasteiger partial charge in [0.2, 0.25) is 0 Å². The summed E-state index contributed by atoms with van der Waals surface area (Å²) in [6.45, 7) is 11.6. The van der Waals surface area contributed by atoms with Crippen LogP contribution in [0, 0.1) is 17.8 Å². The number of aliphatic hydroxyl groups excluding tert-OH is 1. The second kappa shape index (κ2) is 12.3. The SMILES string of the molecule is CC(C)CCCC(C)CCOc1ccc(CC[C@@](N)(CO)CC(C)C)cc1O. The molecule has 4 nitrogen and oxygen atoms in total. The van der Waals surface area contributed by atoms with Crippen LogP contribution in [0.1, 0.15) is 78.7 Å². The Morgan fingerprint density at radius 1 is 1.04 bits per heavy atom. The zero-order valence-corrected chi connectivity index (χ0v) is 18.7. The van der Waals surface area contributed by atoms with Gasteiger partial charge < -0.3 is 20.7 Å². The summed E-state index contributed by atoms with van der Waals surface area (Å²) in [4.78, 5) is 0. The number of nitrogens with two attached hydrogens (primary N) is 1. The normalized spacial score (nSPS) is 15.0. The highest BCUT2D eigenvalue weighted by molar-refractivity contribution is 5.41. The molecule has 1 rings (SSSR count). The van der Waals surface area contributed by atoms with Crippen molar-refractivity contribution < 1.29 is 14.9 Å². The predicted molar refractivity (Wildman–Crippen MR) is 118 cm³/mol. The Hall–Kier alpha value is -1.26. The van der Waals surface area contributed by atoms with Gasteiger partial charge in [-0.3, -0.25) is 0 Å². The van der Waals surface area contributed by atoms with Gasteiger partial charge in [-0.1, -0.05) is 59.9 Å². The van der Waals surface area contributed by atoms with E-state index in [1.165, 1.54) is 19.3 Å². The highest BCUT2D eigenvalue weighted by Crippen LogP contribution is 2.29. The largest absolute Gasteiger partial charge is 0.504 e. The lowest BCUT2D eigenvalue weighted by atomic mass is 9.85. The van der Waals surface area contributed by atoms with Crippen molar-refractivity contribution in [1.29, 1.82) is 0 Å². The molecular formula is C24H43NO3. The van der Waals surface area contributed by atoms with Gasteiger partial charge in [0.1, 0.15) is 0 Å². The summed E-state index contributed by atoms with van der Waals surface area (Å²) in [5.74, 6) is 2.57. The van der Waals surface area contributed by atoms with E-state index >= 15 is 0 Å². The first kappa shape index (κ1) is 24.8. The first-order valence-corrected chi connectivity index (χ1v) is 11.0. The van der Waals surface area contributed by atoms with Gasteiger partial charge in [0, 0.05) is 5.54 Å². The molecule has 0 aliphatic heterocycles. The summed E-state index contributed by atoms with van der Waals surface area (Å²) in [5.41, 5.74) is 6.77. The Morgan fingerprint density at radius 2 is 1.75 bits per heavy atom. The minimum atomic E-state index is -0.565. The maximum Gasteiger partial charge on any atom is 0.160 e. The lowest BCUT2D eigenvalue weighted by Crippen LogP contribution is -2.45. The molecule has 1 aromatic carbocycles. The van der Waals surface area contributed by atoms with E-state index in [-0.39, 0.29) is 12.4 Å². The van der Waals surface area contributed by atoms with Gasteiger partial charge in [0.25, 0.3) is 0 Å².